The van der Waals surface area contributed by atoms with Gasteiger partial charge in [-0.05, 0) is 38.6 Å². The van der Waals surface area contributed by atoms with Crippen LogP contribution < -0.4 is 5.32 Å². The highest BCUT2D eigenvalue weighted by Gasteiger charge is 2.11. The SMILES string of the molecule is CCn1cc(CCNC)c2c(O)nccc21. The molecule has 0 atom stereocenters. The van der Waals surface area contributed by atoms with E-state index in [4.69, 9.17) is 0 Å². The van der Waals surface area contributed by atoms with Gasteiger partial charge in [-0.2, -0.15) is 0 Å². The minimum absolute atomic E-state index is 0.135. The van der Waals surface area contributed by atoms with Gasteiger partial charge in [0.05, 0.1) is 10.9 Å². The third kappa shape index (κ3) is 1.76. The molecular weight excluding hydrogens is 202 g/mol. The molecule has 0 spiro atoms. The molecule has 0 unspecified atom stereocenters. The van der Waals surface area contributed by atoms with E-state index >= 15 is 0 Å². The summed E-state index contributed by atoms with van der Waals surface area (Å²) < 4.78 is 2.14. The molecule has 4 nitrogen and oxygen atoms in total. The third-order valence-electron chi connectivity index (χ3n) is 2.84. The molecule has 0 aromatic carbocycles. The Labute approximate surface area is 94.9 Å². The molecule has 0 saturated heterocycles. The Bertz CT molecular complexity index is 490. The fraction of sp³-hybridized carbons (Fsp3) is 0.417. The smallest absolute Gasteiger partial charge is 0.220 e. The summed E-state index contributed by atoms with van der Waals surface area (Å²) in [5, 5.41) is 13.8. The molecule has 2 aromatic rings. The summed E-state index contributed by atoms with van der Waals surface area (Å²) in [5.41, 5.74) is 2.21. The average molecular weight is 219 g/mol. The van der Waals surface area contributed by atoms with Crippen LogP contribution in [0.4, 0.5) is 0 Å². The zero-order valence-corrected chi connectivity index (χ0v) is 9.70. The topological polar surface area (TPSA) is 50.1 Å². The Hall–Kier alpha value is -1.55. The van der Waals surface area contributed by atoms with E-state index in [1.165, 1.54) is 0 Å². The zero-order chi connectivity index (χ0) is 11.5. The number of aromatic nitrogens is 2. The normalized spacial score (nSPS) is 11.1. The molecule has 0 aliphatic carbocycles. The van der Waals surface area contributed by atoms with Crippen LogP contribution in [-0.2, 0) is 13.0 Å². The summed E-state index contributed by atoms with van der Waals surface area (Å²) in [6, 6.07) is 1.95. The Morgan fingerprint density at radius 3 is 3.00 bits per heavy atom. The van der Waals surface area contributed by atoms with Gasteiger partial charge in [0, 0.05) is 18.9 Å². The number of hydrogen-bond donors (Lipinski definition) is 2. The zero-order valence-electron chi connectivity index (χ0n) is 9.70. The fourth-order valence-corrected chi connectivity index (χ4v) is 2.02. The summed E-state index contributed by atoms with van der Waals surface area (Å²) in [5.74, 6) is 0.135. The number of fused-ring (bicyclic) bond motifs is 1. The summed E-state index contributed by atoms with van der Waals surface area (Å²) in [4.78, 5) is 3.95. The van der Waals surface area contributed by atoms with E-state index in [1.54, 1.807) is 6.20 Å². The number of nitrogens with one attached hydrogen (secondary N) is 1. The number of aromatic hydroxyl groups is 1. The highest BCUT2D eigenvalue weighted by Crippen LogP contribution is 2.27. The maximum atomic E-state index is 9.82. The molecule has 2 heterocycles. The van der Waals surface area contributed by atoms with E-state index in [2.05, 4.69) is 28.0 Å². The highest BCUT2D eigenvalue weighted by molar-refractivity contribution is 5.88. The molecule has 0 saturated carbocycles. The van der Waals surface area contributed by atoms with Crippen molar-refractivity contribution in [3.8, 4) is 5.88 Å². The van der Waals surface area contributed by atoms with Crippen LogP contribution in [-0.4, -0.2) is 28.3 Å². The average Bonchev–Trinajstić information content (AvgIpc) is 2.66. The van der Waals surface area contributed by atoms with Crippen molar-refractivity contribution in [3.63, 3.8) is 0 Å². The van der Waals surface area contributed by atoms with Crippen molar-refractivity contribution in [2.75, 3.05) is 13.6 Å². The molecule has 2 aromatic heterocycles. The standard InChI is InChI=1S/C12H17N3O/c1-3-15-8-9(4-6-13-2)11-10(15)5-7-14-12(11)16/h5,7-8,13H,3-4,6H2,1-2H3,(H,14,16). The van der Waals surface area contributed by atoms with Crippen molar-refractivity contribution in [2.45, 2.75) is 19.9 Å². The van der Waals surface area contributed by atoms with Gasteiger partial charge in [0.25, 0.3) is 0 Å². The second kappa shape index (κ2) is 4.53. The van der Waals surface area contributed by atoms with E-state index in [9.17, 15) is 5.11 Å². The Balaban J connectivity index is 2.55. The summed E-state index contributed by atoms with van der Waals surface area (Å²) in [6.45, 7) is 3.90. The van der Waals surface area contributed by atoms with Gasteiger partial charge in [-0.3, -0.25) is 0 Å². The van der Waals surface area contributed by atoms with E-state index in [0.717, 1.165) is 36.0 Å². The van der Waals surface area contributed by atoms with Gasteiger partial charge in [0.15, 0.2) is 0 Å². The molecule has 0 radical (unpaired) electrons. The predicted octanol–water partition coefficient (Wildman–Crippen LogP) is 1.52. The van der Waals surface area contributed by atoms with Crippen LogP contribution in [0.1, 0.15) is 12.5 Å². The van der Waals surface area contributed by atoms with Crippen LogP contribution in [0, 0.1) is 0 Å². The predicted molar refractivity (Wildman–Crippen MR) is 64.7 cm³/mol. The van der Waals surface area contributed by atoms with E-state index in [1.807, 2.05) is 13.1 Å². The van der Waals surface area contributed by atoms with Crippen molar-refractivity contribution in [1.82, 2.24) is 14.9 Å². The first-order chi connectivity index (χ1) is 7.77. The van der Waals surface area contributed by atoms with Gasteiger partial charge in [0.1, 0.15) is 0 Å². The van der Waals surface area contributed by atoms with Crippen LogP contribution in [0.3, 0.4) is 0 Å². The number of aryl methyl sites for hydroxylation is 1. The largest absolute Gasteiger partial charge is 0.493 e. The van der Waals surface area contributed by atoms with Crippen molar-refractivity contribution >= 4 is 10.9 Å². The highest BCUT2D eigenvalue weighted by atomic mass is 16.3. The molecular formula is C12H17N3O. The molecule has 0 fully saturated rings. The Kier molecular flexibility index (Phi) is 3.10. The van der Waals surface area contributed by atoms with Crippen LogP contribution in [0.2, 0.25) is 0 Å². The van der Waals surface area contributed by atoms with Gasteiger partial charge in [-0.1, -0.05) is 0 Å². The van der Waals surface area contributed by atoms with Crippen molar-refractivity contribution in [2.24, 2.45) is 0 Å². The van der Waals surface area contributed by atoms with Gasteiger partial charge < -0.3 is 15.0 Å². The second-order valence-corrected chi connectivity index (χ2v) is 3.82. The van der Waals surface area contributed by atoms with Crippen molar-refractivity contribution in [3.05, 3.63) is 24.0 Å². The molecule has 16 heavy (non-hydrogen) atoms. The summed E-state index contributed by atoms with van der Waals surface area (Å²) in [7, 11) is 1.93. The molecule has 0 aliphatic heterocycles. The maximum absolute atomic E-state index is 9.82. The summed E-state index contributed by atoms with van der Waals surface area (Å²) >= 11 is 0. The van der Waals surface area contributed by atoms with E-state index < -0.39 is 0 Å². The first-order valence-electron chi connectivity index (χ1n) is 5.58. The molecule has 2 N–H and O–H groups in total. The van der Waals surface area contributed by atoms with Crippen LogP contribution in [0.25, 0.3) is 10.9 Å². The minimum atomic E-state index is 0.135. The lowest BCUT2D eigenvalue weighted by Crippen LogP contribution is -2.10. The quantitative estimate of drug-likeness (QED) is 0.819. The Morgan fingerprint density at radius 1 is 1.50 bits per heavy atom. The van der Waals surface area contributed by atoms with Gasteiger partial charge in [-0.25, -0.2) is 4.98 Å². The summed E-state index contributed by atoms with van der Waals surface area (Å²) in [6.07, 6.45) is 4.65. The maximum Gasteiger partial charge on any atom is 0.220 e. The minimum Gasteiger partial charge on any atom is -0.493 e. The van der Waals surface area contributed by atoms with E-state index in [0.29, 0.717) is 0 Å². The number of likely N-dealkylation sites (N-methyl/N-ethyl adjacent to an activating group) is 1. The number of nitrogens with zero attached hydrogens (tertiary/aromatic N) is 2. The van der Waals surface area contributed by atoms with Gasteiger partial charge in [0.2, 0.25) is 5.88 Å². The Morgan fingerprint density at radius 2 is 2.31 bits per heavy atom. The van der Waals surface area contributed by atoms with Crippen LogP contribution in [0.5, 0.6) is 5.88 Å². The van der Waals surface area contributed by atoms with Crippen LogP contribution in [0.15, 0.2) is 18.5 Å². The number of hydrogen-bond acceptors (Lipinski definition) is 3. The lowest BCUT2D eigenvalue weighted by molar-refractivity contribution is 0.460. The molecule has 0 aliphatic rings. The van der Waals surface area contributed by atoms with Gasteiger partial charge >= 0.3 is 0 Å². The first kappa shape index (κ1) is 11.0. The molecule has 86 valence electrons. The van der Waals surface area contributed by atoms with Crippen LogP contribution >= 0.6 is 0 Å². The fourth-order valence-electron chi connectivity index (χ4n) is 2.02. The van der Waals surface area contributed by atoms with Crippen molar-refractivity contribution in [1.29, 1.82) is 0 Å². The third-order valence-corrected chi connectivity index (χ3v) is 2.84. The number of pyridine rings is 1. The molecule has 0 bridgehead atoms. The first-order valence-corrected chi connectivity index (χ1v) is 5.58. The number of rotatable bonds is 4. The molecule has 4 heteroatoms. The molecule has 0 amide bonds. The van der Waals surface area contributed by atoms with E-state index in [-0.39, 0.29) is 5.88 Å². The monoisotopic (exact) mass is 219 g/mol. The molecule has 2 rings (SSSR count). The lowest BCUT2D eigenvalue weighted by atomic mass is 10.1. The lowest BCUT2D eigenvalue weighted by Gasteiger charge is -2.00. The second-order valence-electron chi connectivity index (χ2n) is 3.82. The van der Waals surface area contributed by atoms with Crippen molar-refractivity contribution < 1.29 is 5.11 Å². The van der Waals surface area contributed by atoms with Gasteiger partial charge in [-0.15, -0.1) is 0 Å².